The molecule has 0 radical (unpaired) electrons. The van der Waals surface area contributed by atoms with Crippen molar-refractivity contribution in [1.82, 2.24) is 10.2 Å². The largest absolute Gasteiger partial charge is 0.282 e. The lowest BCUT2D eigenvalue weighted by atomic mass is 10.2. The number of benzene rings is 1. The lowest BCUT2D eigenvalue weighted by Gasteiger charge is -1.96. The van der Waals surface area contributed by atoms with Crippen LogP contribution < -0.4 is 0 Å². The zero-order valence-electron chi connectivity index (χ0n) is 6.36. The molecule has 1 N–H and O–H groups in total. The Bertz CT molecular complexity index is 434. The van der Waals surface area contributed by atoms with E-state index in [2.05, 4.69) is 42.1 Å². The summed E-state index contributed by atoms with van der Waals surface area (Å²) in [6.45, 7) is 2.01. The van der Waals surface area contributed by atoms with E-state index in [0.717, 1.165) is 25.5 Å². The van der Waals surface area contributed by atoms with E-state index in [1.807, 2.05) is 19.1 Å². The van der Waals surface area contributed by atoms with E-state index in [-0.39, 0.29) is 0 Å². The highest BCUT2D eigenvalue weighted by molar-refractivity contribution is 9.13. The Kier molecular flexibility index (Phi) is 1.96. The third-order valence-corrected chi connectivity index (χ3v) is 3.81. The summed E-state index contributed by atoms with van der Waals surface area (Å²) in [5, 5.41) is 8.23. The molecule has 1 aromatic heterocycles. The summed E-state index contributed by atoms with van der Waals surface area (Å²) in [7, 11) is 0. The van der Waals surface area contributed by atoms with E-state index in [1.165, 1.54) is 0 Å². The summed E-state index contributed by atoms with van der Waals surface area (Å²) in [5.74, 6) is 0. The summed E-state index contributed by atoms with van der Waals surface area (Å²) in [4.78, 5) is 0. The van der Waals surface area contributed by atoms with Gasteiger partial charge in [-0.3, -0.25) is 5.10 Å². The molecule has 0 aliphatic rings. The molecule has 2 aromatic rings. The highest BCUT2D eigenvalue weighted by Gasteiger charge is 2.07. The molecule has 0 saturated carbocycles. The predicted octanol–water partition coefficient (Wildman–Crippen LogP) is 3.40. The van der Waals surface area contributed by atoms with Gasteiger partial charge in [-0.15, -0.1) is 0 Å². The molecule has 12 heavy (non-hydrogen) atoms. The highest BCUT2D eigenvalue weighted by Crippen LogP contribution is 2.31. The molecule has 0 saturated heterocycles. The van der Waals surface area contributed by atoms with Gasteiger partial charge in [0.1, 0.15) is 0 Å². The first-order valence-corrected chi connectivity index (χ1v) is 5.07. The van der Waals surface area contributed by atoms with Crippen molar-refractivity contribution in [2.24, 2.45) is 0 Å². The van der Waals surface area contributed by atoms with Crippen LogP contribution in [0.2, 0.25) is 0 Å². The molecule has 0 aliphatic carbocycles. The number of hydrogen-bond acceptors (Lipinski definition) is 1. The third-order valence-electron chi connectivity index (χ3n) is 1.79. The fourth-order valence-corrected chi connectivity index (χ4v) is 2.15. The zero-order valence-corrected chi connectivity index (χ0v) is 9.53. The minimum atomic E-state index is 0.988. The monoisotopic (exact) mass is 288 g/mol. The lowest BCUT2D eigenvalue weighted by Crippen LogP contribution is -1.74. The van der Waals surface area contributed by atoms with Crippen molar-refractivity contribution >= 4 is 42.8 Å². The molecular weight excluding hydrogens is 284 g/mol. The maximum atomic E-state index is 4.14. The summed E-state index contributed by atoms with van der Waals surface area (Å²) in [6.07, 6.45) is 0. The molecule has 0 aliphatic heterocycles. The second-order valence-electron chi connectivity index (χ2n) is 2.60. The molecular formula is C8H6Br2N2. The Morgan fingerprint density at radius 1 is 1.33 bits per heavy atom. The average molecular weight is 290 g/mol. The maximum absolute atomic E-state index is 4.14. The van der Waals surface area contributed by atoms with Gasteiger partial charge in [-0.1, -0.05) is 0 Å². The van der Waals surface area contributed by atoms with Gasteiger partial charge in [-0.2, -0.15) is 5.10 Å². The first kappa shape index (κ1) is 8.26. The smallest absolute Gasteiger partial charge is 0.0935 e. The van der Waals surface area contributed by atoms with Crippen LogP contribution in [0.15, 0.2) is 21.1 Å². The minimum Gasteiger partial charge on any atom is -0.282 e. The second-order valence-corrected chi connectivity index (χ2v) is 4.25. The minimum absolute atomic E-state index is 0.988. The molecule has 0 unspecified atom stereocenters. The van der Waals surface area contributed by atoms with Crippen LogP contribution in [0.3, 0.4) is 0 Å². The van der Waals surface area contributed by atoms with Crippen LogP contribution in [0.1, 0.15) is 5.69 Å². The van der Waals surface area contributed by atoms with Crippen LogP contribution in [0.5, 0.6) is 0 Å². The van der Waals surface area contributed by atoms with Crippen molar-refractivity contribution in [1.29, 1.82) is 0 Å². The standard InChI is InChI=1S/C8H6Br2N2/c1-4-7-6(12-11-4)3-2-5(9)8(7)10/h2-3H,1H3,(H,11,12). The van der Waals surface area contributed by atoms with Gasteiger partial charge >= 0.3 is 0 Å². The molecule has 0 bridgehead atoms. The van der Waals surface area contributed by atoms with Gasteiger partial charge in [-0.25, -0.2) is 0 Å². The van der Waals surface area contributed by atoms with Crippen molar-refractivity contribution < 1.29 is 0 Å². The fraction of sp³-hybridized carbons (Fsp3) is 0.125. The van der Waals surface area contributed by atoms with Gasteiger partial charge in [0.15, 0.2) is 0 Å². The van der Waals surface area contributed by atoms with Gasteiger partial charge in [0.25, 0.3) is 0 Å². The van der Waals surface area contributed by atoms with Gasteiger partial charge in [0.05, 0.1) is 5.52 Å². The molecule has 0 amide bonds. The first-order chi connectivity index (χ1) is 5.70. The Labute approximate surface area is 86.6 Å². The highest BCUT2D eigenvalue weighted by atomic mass is 79.9. The number of hydrogen-bond donors (Lipinski definition) is 1. The van der Waals surface area contributed by atoms with Crippen molar-refractivity contribution in [2.75, 3.05) is 0 Å². The summed E-state index contributed by atoms with van der Waals surface area (Å²) >= 11 is 6.95. The van der Waals surface area contributed by atoms with E-state index in [1.54, 1.807) is 0 Å². The Morgan fingerprint density at radius 3 is 2.83 bits per heavy atom. The van der Waals surface area contributed by atoms with Crippen molar-refractivity contribution in [3.05, 3.63) is 26.8 Å². The molecule has 0 fully saturated rings. The maximum Gasteiger partial charge on any atom is 0.0935 e. The Balaban J connectivity index is 2.96. The van der Waals surface area contributed by atoms with Crippen molar-refractivity contribution in [2.45, 2.75) is 6.92 Å². The van der Waals surface area contributed by atoms with E-state index in [0.29, 0.717) is 0 Å². The number of nitrogens with one attached hydrogen (secondary N) is 1. The zero-order chi connectivity index (χ0) is 8.72. The molecule has 0 spiro atoms. The van der Waals surface area contributed by atoms with Gasteiger partial charge < -0.3 is 0 Å². The number of H-pyrrole nitrogens is 1. The number of halogens is 2. The number of fused-ring (bicyclic) bond motifs is 1. The van der Waals surface area contributed by atoms with Crippen LogP contribution >= 0.6 is 31.9 Å². The van der Waals surface area contributed by atoms with E-state index < -0.39 is 0 Å². The first-order valence-electron chi connectivity index (χ1n) is 3.49. The van der Waals surface area contributed by atoms with Crippen molar-refractivity contribution in [3.8, 4) is 0 Å². The summed E-state index contributed by atoms with van der Waals surface area (Å²) < 4.78 is 2.12. The third kappa shape index (κ3) is 1.10. The second kappa shape index (κ2) is 2.85. The molecule has 1 heterocycles. The van der Waals surface area contributed by atoms with E-state index in [4.69, 9.17) is 0 Å². The Morgan fingerprint density at radius 2 is 2.08 bits per heavy atom. The van der Waals surface area contributed by atoms with Crippen LogP contribution in [-0.4, -0.2) is 10.2 Å². The van der Waals surface area contributed by atoms with Crippen LogP contribution in [-0.2, 0) is 0 Å². The number of aromatic amines is 1. The SMILES string of the molecule is Cc1[nH]nc2ccc(Br)c(Br)c12. The molecule has 62 valence electrons. The Hall–Kier alpha value is -0.350. The number of nitrogens with zero attached hydrogens (tertiary/aromatic N) is 1. The van der Waals surface area contributed by atoms with Crippen molar-refractivity contribution in [3.63, 3.8) is 0 Å². The van der Waals surface area contributed by atoms with Crippen LogP contribution in [0.25, 0.3) is 10.9 Å². The van der Waals surface area contributed by atoms with Crippen LogP contribution in [0, 0.1) is 6.92 Å². The molecule has 1 aromatic carbocycles. The average Bonchev–Trinajstić information content (AvgIpc) is 2.41. The van der Waals surface area contributed by atoms with Gasteiger partial charge in [-0.05, 0) is 50.9 Å². The number of aromatic nitrogens is 2. The summed E-state index contributed by atoms with van der Waals surface area (Å²) in [6, 6.07) is 3.96. The van der Waals surface area contributed by atoms with E-state index in [9.17, 15) is 0 Å². The molecule has 2 nitrogen and oxygen atoms in total. The molecule has 2 rings (SSSR count). The quantitative estimate of drug-likeness (QED) is 0.791. The van der Waals surface area contributed by atoms with Gasteiger partial charge in [0, 0.05) is 20.0 Å². The lowest BCUT2D eigenvalue weighted by molar-refractivity contribution is 1.07. The summed E-state index contributed by atoms with van der Waals surface area (Å²) in [5.41, 5.74) is 2.07. The normalized spacial score (nSPS) is 10.9. The fourth-order valence-electron chi connectivity index (χ4n) is 1.19. The number of rotatable bonds is 0. The number of aryl methyl sites for hydroxylation is 1. The van der Waals surface area contributed by atoms with Gasteiger partial charge in [0.2, 0.25) is 0 Å². The molecule has 4 heteroatoms. The molecule has 0 atom stereocenters. The topological polar surface area (TPSA) is 28.7 Å². The van der Waals surface area contributed by atoms with E-state index >= 15 is 0 Å². The predicted molar refractivity (Wildman–Crippen MR) is 56.2 cm³/mol. The van der Waals surface area contributed by atoms with Crippen LogP contribution in [0.4, 0.5) is 0 Å².